The van der Waals surface area contributed by atoms with Gasteiger partial charge in [-0.2, -0.15) is 0 Å². The van der Waals surface area contributed by atoms with Crippen LogP contribution >= 0.6 is 0 Å². The van der Waals surface area contributed by atoms with Gasteiger partial charge in [-0.3, -0.25) is 14.8 Å². The van der Waals surface area contributed by atoms with Crippen LogP contribution in [0.25, 0.3) is 0 Å². The van der Waals surface area contributed by atoms with Crippen molar-refractivity contribution in [3.63, 3.8) is 0 Å². The van der Waals surface area contributed by atoms with E-state index >= 15 is 0 Å². The molecule has 0 N–H and O–H groups in total. The summed E-state index contributed by atoms with van der Waals surface area (Å²) in [5.41, 5.74) is 3.02. The molecule has 0 atom stereocenters. The van der Waals surface area contributed by atoms with E-state index in [1.807, 2.05) is 12.3 Å². The van der Waals surface area contributed by atoms with Crippen LogP contribution in [0.3, 0.4) is 0 Å². The molecule has 1 saturated heterocycles. The molecule has 1 aromatic heterocycles. The Morgan fingerprint density at radius 1 is 0.957 bits per heavy atom. The van der Waals surface area contributed by atoms with Crippen LogP contribution in [0.2, 0.25) is 0 Å². The van der Waals surface area contributed by atoms with Crippen LogP contribution in [-0.4, -0.2) is 41.0 Å². The van der Waals surface area contributed by atoms with Crippen LogP contribution < -0.4 is 0 Å². The highest BCUT2D eigenvalue weighted by Crippen LogP contribution is 2.14. The second-order valence-electron chi connectivity index (χ2n) is 6.10. The number of pyridine rings is 1. The van der Waals surface area contributed by atoms with Gasteiger partial charge in [0.2, 0.25) is 0 Å². The predicted molar refractivity (Wildman–Crippen MR) is 85.9 cm³/mol. The van der Waals surface area contributed by atoms with Crippen molar-refractivity contribution in [3.05, 3.63) is 65.0 Å². The zero-order valence-electron chi connectivity index (χ0n) is 13.3. The van der Waals surface area contributed by atoms with Crippen LogP contribution in [0.4, 0.5) is 8.78 Å². The fourth-order valence-corrected chi connectivity index (χ4v) is 2.96. The van der Waals surface area contributed by atoms with E-state index in [2.05, 4.69) is 27.8 Å². The molecule has 0 unspecified atom stereocenters. The molecule has 1 aromatic carbocycles. The van der Waals surface area contributed by atoms with Gasteiger partial charge in [0.25, 0.3) is 0 Å². The number of nitrogens with zero attached hydrogens (tertiary/aromatic N) is 3. The highest BCUT2D eigenvalue weighted by atomic mass is 19.1. The third-order valence-corrected chi connectivity index (χ3v) is 4.28. The number of piperazine rings is 1. The Hall–Kier alpha value is -1.85. The van der Waals surface area contributed by atoms with Crippen molar-refractivity contribution in [2.75, 3.05) is 26.2 Å². The summed E-state index contributed by atoms with van der Waals surface area (Å²) in [6.07, 6.45) is 1.83. The van der Waals surface area contributed by atoms with E-state index in [0.29, 0.717) is 12.1 Å². The SMILES string of the molecule is Cc1cccnc1CN1CCN(Cc2cc(F)cc(F)c2)CC1. The molecule has 0 bridgehead atoms. The van der Waals surface area contributed by atoms with E-state index in [4.69, 9.17) is 0 Å². The van der Waals surface area contributed by atoms with E-state index in [0.717, 1.165) is 44.5 Å². The number of hydrogen-bond acceptors (Lipinski definition) is 3. The van der Waals surface area contributed by atoms with Gasteiger partial charge >= 0.3 is 0 Å². The third-order valence-electron chi connectivity index (χ3n) is 4.28. The maximum Gasteiger partial charge on any atom is 0.126 e. The zero-order chi connectivity index (χ0) is 16.2. The van der Waals surface area contributed by atoms with E-state index in [9.17, 15) is 8.78 Å². The molecule has 3 rings (SSSR count). The molecule has 1 fully saturated rings. The van der Waals surface area contributed by atoms with E-state index < -0.39 is 11.6 Å². The fourth-order valence-electron chi connectivity index (χ4n) is 2.96. The van der Waals surface area contributed by atoms with E-state index in [1.54, 1.807) is 0 Å². The van der Waals surface area contributed by atoms with Gasteiger partial charge in [-0.15, -0.1) is 0 Å². The normalized spacial score (nSPS) is 16.7. The molecule has 0 amide bonds. The van der Waals surface area contributed by atoms with Crippen LogP contribution in [0.1, 0.15) is 16.8 Å². The van der Waals surface area contributed by atoms with Gasteiger partial charge in [0.05, 0.1) is 5.69 Å². The van der Waals surface area contributed by atoms with Crippen molar-refractivity contribution in [2.24, 2.45) is 0 Å². The minimum absolute atomic E-state index is 0.510. The molecular weight excluding hydrogens is 296 g/mol. The van der Waals surface area contributed by atoms with Gasteiger partial charge in [-0.25, -0.2) is 8.78 Å². The van der Waals surface area contributed by atoms with Crippen molar-refractivity contribution in [1.29, 1.82) is 0 Å². The molecule has 0 spiro atoms. The molecule has 5 heteroatoms. The molecule has 23 heavy (non-hydrogen) atoms. The molecule has 0 radical (unpaired) electrons. The zero-order valence-corrected chi connectivity index (χ0v) is 13.3. The van der Waals surface area contributed by atoms with Gasteiger partial charge < -0.3 is 0 Å². The average molecular weight is 317 g/mol. The number of hydrogen-bond donors (Lipinski definition) is 0. The Balaban J connectivity index is 1.53. The van der Waals surface area contributed by atoms with Crippen LogP contribution in [-0.2, 0) is 13.1 Å². The first-order chi connectivity index (χ1) is 11.1. The van der Waals surface area contributed by atoms with Crippen LogP contribution in [0.5, 0.6) is 0 Å². The lowest BCUT2D eigenvalue weighted by atomic mass is 10.1. The van der Waals surface area contributed by atoms with Crippen molar-refractivity contribution in [2.45, 2.75) is 20.0 Å². The third kappa shape index (κ3) is 4.33. The molecule has 3 nitrogen and oxygen atoms in total. The topological polar surface area (TPSA) is 19.4 Å². The molecule has 2 aromatic rings. The Kier molecular flexibility index (Phi) is 4.98. The van der Waals surface area contributed by atoms with Gasteiger partial charge in [0.1, 0.15) is 11.6 Å². The molecule has 0 saturated carbocycles. The van der Waals surface area contributed by atoms with Gasteiger partial charge in [0.15, 0.2) is 0 Å². The number of benzene rings is 1. The molecule has 0 aliphatic carbocycles. The average Bonchev–Trinajstić information content (AvgIpc) is 2.50. The standard InChI is InChI=1S/C18H21F2N3/c1-14-3-2-4-21-18(14)13-23-7-5-22(6-8-23)12-15-9-16(19)11-17(20)10-15/h2-4,9-11H,5-8,12-13H2,1H3. The Bertz CT molecular complexity index is 647. The van der Waals surface area contributed by atoms with E-state index in [1.165, 1.54) is 17.7 Å². The molecule has 1 aliphatic heterocycles. The van der Waals surface area contributed by atoms with Crippen molar-refractivity contribution < 1.29 is 8.78 Å². The first-order valence-corrected chi connectivity index (χ1v) is 7.90. The Morgan fingerprint density at radius 3 is 2.17 bits per heavy atom. The first-order valence-electron chi connectivity index (χ1n) is 7.90. The highest BCUT2D eigenvalue weighted by Gasteiger charge is 2.18. The summed E-state index contributed by atoms with van der Waals surface area (Å²) in [6.45, 7) is 7.19. The fraction of sp³-hybridized carbons (Fsp3) is 0.389. The van der Waals surface area contributed by atoms with Crippen molar-refractivity contribution in [3.8, 4) is 0 Å². The Morgan fingerprint density at radius 2 is 1.57 bits per heavy atom. The molecule has 1 aliphatic rings. The summed E-state index contributed by atoms with van der Waals surface area (Å²) in [4.78, 5) is 9.05. The van der Waals surface area contributed by atoms with Crippen molar-refractivity contribution >= 4 is 0 Å². The van der Waals surface area contributed by atoms with E-state index in [-0.39, 0.29) is 0 Å². The largest absolute Gasteiger partial charge is 0.297 e. The monoisotopic (exact) mass is 317 g/mol. The molecule has 2 heterocycles. The summed E-state index contributed by atoms with van der Waals surface area (Å²) >= 11 is 0. The van der Waals surface area contributed by atoms with Gasteiger partial charge in [0, 0.05) is 51.5 Å². The molecule has 122 valence electrons. The maximum absolute atomic E-state index is 13.3. The minimum Gasteiger partial charge on any atom is -0.297 e. The second kappa shape index (κ2) is 7.15. The second-order valence-corrected chi connectivity index (χ2v) is 6.10. The van der Waals surface area contributed by atoms with Gasteiger partial charge in [-0.05, 0) is 36.2 Å². The summed E-state index contributed by atoms with van der Waals surface area (Å²) in [5, 5.41) is 0. The van der Waals surface area contributed by atoms with Crippen LogP contribution in [0.15, 0.2) is 36.5 Å². The lowest BCUT2D eigenvalue weighted by Crippen LogP contribution is -2.45. The summed E-state index contributed by atoms with van der Waals surface area (Å²) < 4.78 is 26.5. The summed E-state index contributed by atoms with van der Waals surface area (Å²) in [6, 6.07) is 7.77. The molecular formula is C18H21F2N3. The lowest BCUT2D eigenvalue weighted by molar-refractivity contribution is 0.120. The highest BCUT2D eigenvalue weighted by molar-refractivity contribution is 5.18. The summed E-state index contributed by atoms with van der Waals surface area (Å²) in [7, 11) is 0. The van der Waals surface area contributed by atoms with Crippen molar-refractivity contribution in [1.82, 2.24) is 14.8 Å². The maximum atomic E-state index is 13.3. The number of aryl methyl sites for hydroxylation is 1. The quantitative estimate of drug-likeness (QED) is 0.864. The minimum atomic E-state index is -0.510. The first kappa shape index (κ1) is 16.0. The predicted octanol–water partition coefficient (Wildman–Crippen LogP) is 2.99. The number of aromatic nitrogens is 1. The van der Waals surface area contributed by atoms with Gasteiger partial charge in [-0.1, -0.05) is 6.07 Å². The smallest absolute Gasteiger partial charge is 0.126 e. The summed E-state index contributed by atoms with van der Waals surface area (Å²) in [5.74, 6) is -1.02. The number of rotatable bonds is 4. The Labute approximate surface area is 135 Å². The van der Waals surface area contributed by atoms with Crippen LogP contribution in [0, 0.1) is 18.6 Å². The number of halogens is 2. The lowest BCUT2D eigenvalue weighted by Gasteiger charge is -2.34.